The molecule has 11 nitrogen and oxygen atoms in total. The van der Waals surface area contributed by atoms with Crippen LogP contribution >= 0.6 is 0 Å². The normalized spacial score (nSPS) is 39.6. The van der Waals surface area contributed by atoms with Crippen molar-refractivity contribution in [3.8, 4) is 0 Å². The van der Waals surface area contributed by atoms with Gasteiger partial charge in [0, 0.05) is 6.42 Å². The Hall–Kier alpha value is -2.95. The fourth-order valence-electron chi connectivity index (χ4n) is 9.88. The van der Waals surface area contributed by atoms with Gasteiger partial charge in [-0.25, -0.2) is 0 Å². The molecule has 11 heteroatoms. The first-order valence-corrected chi connectivity index (χ1v) is 15.4. The van der Waals surface area contributed by atoms with Gasteiger partial charge in [-0.1, -0.05) is 51.1 Å². The van der Waals surface area contributed by atoms with E-state index in [4.69, 9.17) is 14.4 Å². The van der Waals surface area contributed by atoms with E-state index in [1.54, 1.807) is 0 Å². The third-order valence-corrected chi connectivity index (χ3v) is 12.0. The summed E-state index contributed by atoms with van der Waals surface area (Å²) in [7, 11) is 0. The van der Waals surface area contributed by atoms with E-state index in [1.165, 1.54) is 0 Å². The summed E-state index contributed by atoms with van der Waals surface area (Å²) in [6.07, 6.45) is 3.61. The van der Waals surface area contributed by atoms with Crippen molar-refractivity contribution in [1.82, 2.24) is 0 Å². The third kappa shape index (κ3) is 5.68. The summed E-state index contributed by atoms with van der Waals surface area (Å²) < 4.78 is 5.49. The van der Waals surface area contributed by atoms with Gasteiger partial charge in [-0.3, -0.25) is 4.79 Å². The zero-order valence-corrected chi connectivity index (χ0v) is 24.8. The number of aliphatic hydroxyl groups is 1. The number of carbonyl (C=O) groups is 1. The molecule has 0 spiro atoms. The summed E-state index contributed by atoms with van der Waals surface area (Å²) in [5, 5.41) is 33.1. The Morgan fingerprint density at radius 2 is 1.74 bits per heavy atom. The average molecular weight is 589 g/mol. The maximum absolute atomic E-state index is 12.5. The Morgan fingerprint density at radius 3 is 2.43 bits per heavy atom. The minimum absolute atomic E-state index is 0.00727. The van der Waals surface area contributed by atoms with E-state index in [0.717, 1.165) is 18.4 Å². The molecule has 4 aliphatic carbocycles. The molecule has 5 rings (SSSR count). The van der Waals surface area contributed by atoms with E-state index >= 15 is 0 Å². The minimum Gasteiger partial charge on any atom is -0.461 e. The molecule has 4 fully saturated rings. The van der Waals surface area contributed by atoms with Crippen molar-refractivity contribution in [3.05, 3.63) is 56.1 Å². The Morgan fingerprint density at radius 1 is 1.02 bits per heavy atom. The van der Waals surface area contributed by atoms with E-state index in [2.05, 4.69) is 20.8 Å². The summed E-state index contributed by atoms with van der Waals surface area (Å²) in [5.74, 6) is 0.00510. The van der Waals surface area contributed by atoms with Crippen LogP contribution in [0.5, 0.6) is 0 Å². The largest absolute Gasteiger partial charge is 0.461 e. The van der Waals surface area contributed by atoms with Crippen molar-refractivity contribution in [1.29, 1.82) is 0 Å². The Labute approximate surface area is 246 Å². The topological polar surface area (TPSA) is 151 Å². The van der Waals surface area contributed by atoms with Crippen LogP contribution in [0.25, 0.3) is 0 Å². The van der Waals surface area contributed by atoms with E-state index in [1.807, 2.05) is 30.3 Å². The lowest BCUT2D eigenvalue weighted by molar-refractivity contribution is -0.774. The molecule has 0 unspecified atom stereocenters. The molecular weight excluding hydrogens is 544 g/mol. The second-order valence-electron chi connectivity index (χ2n) is 13.8. The van der Waals surface area contributed by atoms with Gasteiger partial charge >= 0.3 is 5.97 Å². The molecule has 0 saturated heterocycles. The predicted octanol–water partition coefficient (Wildman–Crippen LogP) is 5.54. The van der Waals surface area contributed by atoms with Gasteiger partial charge in [-0.2, -0.15) is 0 Å². The molecule has 4 aliphatic rings. The fourth-order valence-corrected chi connectivity index (χ4v) is 9.88. The summed E-state index contributed by atoms with van der Waals surface area (Å²) in [4.78, 5) is 45.6. The Bertz CT molecular complexity index is 1150. The summed E-state index contributed by atoms with van der Waals surface area (Å²) in [6.45, 7) is 6.72. The monoisotopic (exact) mass is 588 g/mol. The van der Waals surface area contributed by atoms with Crippen LogP contribution in [0, 0.1) is 66.6 Å². The first-order chi connectivity index (χ1) is 19.9. The molecule has 42 heavy (non-hydrogen) atoms. The lowest BCUT2D eigenvalue weighted by Gasteiger charge is -2.63. The van der Waals surface area contributed by atoms with Crippen LogP contribution in [-0.2, 0) is 25.8 Å². The van der Waals surface area contributed by atoms with Gasteiger partial charge < -0.3 is 19.5 Å². The van der Waals surface area contributed by atoms with Crippen LogP contribution in [-0.4, -0.2) is 39.6 Å². The van der Waals surface area contributed by atoms with Crippen LogP contribution in [0.4, 0.5) is 0 Å². The first kappa shape index (κ1) is 30.5. The quantitative estimate of drug-likeness (QED) is 0.211. The van der Waals surface area contributed by atoms with Gasteiger partial charge in [0.15, 0.2) is 0 Å². The van der Waals surface area contributed by atoms with Crippen molar-refractivity contribution >= 4 is 5.97 Å². The molecule has 11 atom stereocenters. The molecule has 0 aromatic heterocycles. The summed E-state index contributed by atoms with van der Waals surface area (Å²) in [5.41, 5.74) is 0.271. The minimum atomic E-state index is -0.747. The van der Waals surface area contributed by atoms with E-state index in [0.29, 0.717) is 44.9 Å². The molecule has 4 saturated carbocycles. The zero-order chi connectivity index (χ0) is 30.2. The number of hydrogen-bond acceptors (Lipinski definition) is 9. The van der Waals surface area contributed by atoms with Gasteiger partial charge in [-0.05, 0) is 103 Å². The van der Waals surface area contributed by atoms with Crippen molar-refractivity contribution in [3.63, 3.8) is 0 Å². The van der Waals surface area contributed by atoms with Gasteiger partial charge in [0.05, 0.1) is 6.10 Å². The Kier molecular flexibility index (Phi) is 8.70. The van der Waals surface area contributed by atoms with E-state index < -0.39 is 33.9 Å². The van der Waals surface area contributed by atoms with Crippen LogP contribution in [0.3, 0.4) is 0 Å². The number of aliphatic hydroxyl groups excluding tert-OH is 1. The maximum atomic E-state index is 12.5. The highest BCUT2D eigenvalue weighted by Gasteiger charge is 2.66. The van der Waals surface area contributed by atoms with Crippen LogP contribution in [0.15, 0.2) is 30.3 Å². The molecule has 0 aliphatic heterocycles. The number of fused-ring (bicyclic) bond motifs is 5. The van der Waals surface area contributed by atoms with Gasteiger partial charge in [0.2, 0.25) is 0 Å². The van der Waals surface area contributed by atoms with E-state index in [9.17, 15) is 30.1 Å². The zero-order valence-electron chi connectivity index (χ0n) is 24.8. The molecule has 0 heterocycles. The SMILES string of the molecule is C[C@H](CCC(=O)OCc1ccccc1)[C@H]1CC[C@H]2[C@@H]3[C@H](O[N+](=O)[O-])C[C@@H]4C[C@H](O[N+](=O)[O-])CC[C@]4(C)[C@H]3C[C@H](O)[C@]12C. The number of nitrogens with zero attached hydrogens (tertiary/aromatic N) is 2. The first-order valence-electron chi connectivity index (χ1n) is 15.4. The smallest absolute Gasteiger partial charge is 0.306 e. The third-order valence-electron chi connectivity index (χ3n) is 12.0. The predicted molar refractivity (Wildman–Crippen MR) is 150 cm³/mol. The van der Waals surface area contributed by atoms with Gasteiger partial charge in [0.1, 0.15) is 18.8 Å². The molecule has 0 bridgehead atoms. The fraction of sp³-hybridized carbons (Fsp3) is 0.774. The van der Waals surface area contributed by atoms with Crippen molar-refractivity contribution in [2.75, 3.05) is 0 Å². The molecule has 1 aromatic rings. The number of esters is 1. The van der Waals surface area contributed by atoms with Crippen molar-refractivity contribution < 1.29 is 34.5 Å². The van der Waals surface area contributed by atoms with Crippen molar-refractivity contribution in [2.24, 2.45) is 46.3 Å². The van der Waals surface area contributed by atoms with Crippen LogP contribution in [0.1, 0.15) is 84.1 Å². The standard InChI is InChI=1S/C31H44N2O9/c1-19(9-12-28(35)40-18-20-7-5-4-6-8-20)23-10-11-24-29-25(17-27(34)31(23,24)3)30(2)14-13-22(41-32(36)37)15-21(30)16-26(29)42-33(38)39/h4-8,19,21-27,29,34H,9-18H2,1-3H3/t19-,21+,22-,23-,24+,25+,26-,27+,29+,30+,31-/m1/s1. The number of rotatable bonds is 10. The molecule has 0 radical (unpaired) electrons. The van der Waals surface area contributed by atoms with Crippen LogP contribution in [0.2, 0.25) is 0 Å². The van der Waals surface area contributed by atoms with Crippen LogP contribution < -0.4 is 0 Å². The molecule has 0 amide bonds. The van der Waals surface area contributed by atoms with E-state index in [-0.39, 0.29) is 53.5 Å². The number of carbonyl (C=O) groups excluding carboxylic acids is 1. The average Bonchev–Trinajstić information content (AvgIpc) is 3.30. The highest BCUT2D eigenvalue weighted by Crippen LogP contribution is 2.68. The number of ether oxygens (including phenoxy) is 1. The molecule has 232 valence electrons. The number of benzene rings is 1. The molecule has 1 aromatic carbocycles. The molecular formula is C31H44N2O9. The number of hydrogen-bond donors (Lipinski definition) is 1. The maximum Gasteiger partial charge on any atom is 0.306 e. The highest BCUT2D eigenvalue weighted by molar-refractivity contribution is 5.69. The van der Waals surface area contributed by atoms with Gasteiger partial charge in [-0.15, -0.1) is 20.2 Å². The summed E-state index contributed by atoms with van der Waals surface area (Å²) >= 11 is 0. The second-order valence-corrected chi connectivity index (χ2v) is 13.8. The lowest BCUT2D eigenvalue weighted by atomic mass is 9.43. The Balaban J connectivity index is 1.30. The van der Waals surface area contributed by atoms with Crippen molar-refractivity contribution in [2.45, 2.75) is 103 Å². The van der Waals surface area contributed by atoms with Gasteiger partial charge in [0.25, 0.3) is 10.2 Å². The second kappa shape index (κ2) is 12.0. The lowest BCUT2D eigenvalue weighted by Crippen LogP contribution is -2.63. The molecule has 1 N–H and O–H groups in total. The summed E-state index contributed by atoms with van der Waals surface area (Å²) in [6, 6.07) is 9.58. The highest BCUT2D eigenvalue weighted by atomic mass is 17.0.